The topological polar surface area (TPSA) is 87.6 Å². The number of H-pyrrole nitrogens is 1. The van der Waals surface area contributed by atoms with Gasteiger partial charge in [-0.1, -0.05) is 24.3 Å². The number of hydrogen-bond donors (Lipinski definition) is 3. The van der Waals surface area contributed by atoms with Gasteiger partial charge in [0.2, 0.25) is 0 Å². The second-order valence-corrected chi connectivity index (χ2v) is 6.11. The summed E-state index contributed by atoms with van der Waals surface area (Å²) >= 11 is 0. The van der Waals surface area contributed by atoms with Crippen LogP contribution in [0.15, 0.2) is 42.7 Å². The Bertz CT molecular complexity index is 868. The van der Waals surface area contributed by atoms with E-state index < -0.39 is 0 Å². The van der Waals surface area contributed by atoms with Crippen molar-refractivity contribution < 1.29 is 4.79 Å². The fraction of sp³-hybridized carbons (Fsp3) is 0.278. The highest BCUT2D eigenvalue weighted by molar-refractivity contribution is 5.94. The van der Waals surface area contributed by atoms with Crippen molar-refractivity contribution in [3.05, 3.63) is 70.8 Å². The molecule has 3 aromatic rings. The van der Waals surface area contributed by atoms with Gasteiger partial charge in [0.1, 0.15) is 0 Å². The van der Waals surface area contributed by atoms with Gasteiger partial charge >= 0.3 is 0 Å². The molecule has 1 aliphatic rings. The summed E-state index contributed by atoms with van der Waals surface area (Å²) < 4.78 is 1.87. The van der Waals surface area contributed by atoms with Crippen molar-refractivity contribution in [1.82, 2.24) is 30.6 Å². The minimum atomic E-state index is -0.143. The molecule has 0 unspecified atom stereocenters. The zero-order valence-corrected chi connectivity index (χ0v) is 13.8. The molecule has 0 saturated carbocycles. The first-order valence-electron chi connectivity index (χ1n) is 8.40. The molecule has 3 N–H and O–H groups in total. The van der Waals surface area contributed by atoms with Crippen molar-refractivity contribution in [3.63, 3.8) is 0 Å². The highest BCUT2D eigenvalue weighted by atomic mass is 16.1. The molecular weight excluding hydrogens is 316 g/mol. The number of carbonyl (C=O) groups excluding carboxylic acids is 1. The summed E-state index contributed by atoms with van der Waals surface area (Å²) in [6, 6.07) is 9.97. The third-order valence-electron chi connectivity index (χ3n) is 4.47. The normalized spacial score (nSPS) is 13.4. The SMILES string of the molecule is O=C(NCc1ccccc1Cn1cccn1)c1n[nH]c2c1CNCC2. The Kier molecular flexibility index (Phi) is 4.30. The van der Waals surface area contributed by atoms with E-state index in [2.05, 4.69) is 32.0 Å². The molecule has 1 amide bonds. The number of nitrogens with zero attached hydrogens (tertiary/aromatic N) is 3. The number of aromatic amines is 1. The van der Waals surface area contributed by atoms with Crippen LogP contribution in [0.3, 0.4) is 0 Å². The summed E-state index contributed by atoms with van der Waals surface area (Å²) in [5.74, 6) is -0.143. The van der Waals surface area contributed by atoms with Gasteiger partial charge < -0.3 is 10.6 Å². The molecule has 0 atom stereocenters. The number of nitrogens with one attached hydrogen (secondary N) is 3. The van der Waals surface area contributed by atoms with Gasteiger partial charge in [-0.2, -0.15) is 10.2 Å². The van der Waals surface area contributed by atoms with Gasteiger partial charge in [0.25, 0.3) is 5.91 Å². The molecule has 0 aliphatic carbocycles. The Labute approximate surface area is 145 Å². The van der Waals surface area contributed by atoms with E-state index in [4.69, 9.17) is 0 Å². The third-order valence-corrected chi connectivity index (χ3v) is 4.47. The molecular formula is C18H20N6O. The quantitative estimate of drug-likeness (QED) is 0.654. The molecule has 0 saturated heterocycles. The van der Waals surface area contributed by atoms with E-state index in [-0.39, 0.29) is 5.91 Å². The second kappa shape index (κ2) is 6.90. The fourth-order valence-electron chi connectivity index (χ4n) is 3.12. The molecule has 1 aliphatic heterocycles. The van der Waals surface area contributed by atoms with Crippen molar-refractivity contribution in [2.24, 2.45) is 0 Å². The average Bonchev–Trinajstić information content (AvgIpc) is 3.30. The van der Waals surface area contributed by atoms with Gasteiger partial charge in [-0.25, -0.2) is 0 Å². The minimum Gasteiger partial charge on any atom is -0.347 e. The summed E-state index contributed by atoms with van der Waals surface area (Å²) in [5, 5.41) is 17.7. The standard InChI is InChI=1S/C18H20N6O/c25-18(17-15-11-19-8-6-16(15)22-23-17)20-10-13-4-1-2-5-14(13)12-24-9-3-7-21-24/h1-5,7,9,19H,6,8,10-12H2,(H,20,25)(H,22,23). The van der Waals surface area contributed by atoms with Crippen LogP contribution < -0.4 is 10.6 Å². The number of benzene rings is 1. The Morgan fingerprint density at radius 3 is 2.96 bits per heavy atom. The highest BCUT2D eigenvalue weighted by Gasteiger charge is 2.21. The van der Waals surface area contributed by atoms with E-state index in [9.17, 15) is 4.79 Å². The van der Waals surface area contributed by atoms with Crippen molar-refractivity contribution in [2.75, 3.05) is 6.54 Å². The van der Waals surface area contributed by atoms with Gasteiger partial charge in [-0.15, -0.1) is 0 Å². The van der Waals surface area contributed by atoms with E-state index in [0.29, 0.717) is 25.3 Å². The lowest BCUT2D eigenvalue weighted by molar-refractivity contribution is 0.0944. The molecule has 0 radical (unpaired) electrons. The number of fused-ring (bicyclic) bond motifs is 1. The number of amides is 1. The summed E-state index contributed by atoms with van der Waals surface area (Å²) in [5.41, 5.74) is 4.74. The summed E-state index contributed by atoms with van der Waals surface area (Å²) in [6.07, 6.45) is 4.57. The first-order valence-corrected chi connectivity index (χ1v) is 8.40. The summed E-state index contributed by atoms with van der Waals surface area (Å²) in [7, 11) is 0. The van der Waals surface area contributed by atoms with Crippen molar-refractivity contribution in [1.29, 1.82) is 0 Å². The maximum Gasteiger partial charge on any atom is 0.272 e. The molecule has 0 bridgehead atoms. The first kappa shape index (κ1) is 15.6. The van der Waals surface area contributed by atoms with Crippen LogP contribution in [0.25, 0.3) is 0 Å². The van der Waals surface area contributed by atoms with Crippen LogP contribution in [-0.2, 0) is 26.1 Å². The van der Waals surface area contributed by atoms with Crippen LogP contribution in [0.5, 0.6) is 0 Å². The van der Waals surface area contributed by atoms with Gasteiger partial charge in [0, 0.05) is 49.7 Å². The van der Waals surface area contributed by atoms with Gasteiger partial charge in [-0.3, -0.25) is 14.6 Å². The van der Waals surface area contributed by atoms with E-state index in [1.165, 1.54) is 0 Å². The van der Waals surface area contributed by atoms with Gasteiger partial charge in [-0.05, 0) is 17.2 Å². The Morgan fingerprint density at radius 2 is 2.12 bits per heavy atom. The lowest BCUT2D eigenvalue weighted by Gasteiger charge is -2.13. The van der Waals surface area contributed by atoms with Crippen molar-refractivity contribution >= 4 is 5.91 Å². The van der Waals surface area contributed by atoms with E-state index in [0.717, 1.165) is 35.3 Å². The molecule has 7 nitrogen and oxygen atoms in total. The summed E-state index contributed by atoms with van der Waals surface area (Å²) in [6.45, 7) is 2.74. The Morgan fingerprint density at radius 1 is 1.24 bits per heavy atom. The molecule has 3 heterocycles. The minimum absolute atomic E-state index is 0.143. The predicted molar refractivity (Wildman–Crippen MR) is 92.9 cm³/mol. The number of carbonyl (C=O) groups is 1. The molecule has 7 heteroatoms. The third kappa shape index (κ3) is 3.32. The van der Waals surface area contributed by atoms with Crippen molar-refractivity contribution in [3.8, 4) is 0 Å². The van der Waals surface area contributed by atoms with E-state index in [1.807, 2.05) is 35.1 Å². The monoisotopic (exact) mass is 336 g/mol. The summed E-state index contributed by atoms with van der Waals surface area (Å²) in [4.78, 5) is 12.5. The lowest BCUT2D eigenvalue weighted by Crippen LogP contribution is -2.28. The molecule has 1 aromatic carbocycles. The molecule has 0 fully saturated rings. The molecule has 25 heavy (non-hydrogen) atoms. The van der Waals surface area contributed by atoms with Gasteiger partial charge in [0.05, 0.1) is 6.54 Å². The largest absolute Gasteiger partial charge is 0.347 e. The number of rotatable bonds is 5. The van der Waals surface area contributed by atoms with Crippen LogP contribution in [0, 0.1) is 0 Å². The fourth-order valence-corrected chi connectivity index (χ4v) is 3.12. The average molecular weight is 336 g/mol. The zero-order valence-electron chi connectivity index (χ0n) is 13.8. The molecule has 0 spiro atoms. The Hall–Kier alpha value is -2.93. The molecule has 4 rings (SSSR count). The molecule has 128 valence electrons. The van der Waals surface area contributed by atoms with Crippen LogP contribution >= 0.6 is 0 Å². The maximum absolute atomic E-state index is 12.5. The van der Waals surface area contributed by atoms with Crippen LogP contribution in [0.4, 0.5) is 0 Å². The predicted octanol–water partition coefficient (Wildman–Crippen LogP) is 1.23. The highest BCUT2D eigenvalue weighted by Crippen LogP contribution is 2.16. The zero-order chi connectivity index (χ0) is 17.1. The second-order valence-electron chi connectivity index (χ2n) is 6.11. The number of aromatic nitrogens is 4. The van der Waals surface area contributed by atoms with Crippen LogP contribution in [0.2, 0.25) is 0 Å². The molecule has 2 aromatic heterocycles. The lowest BCUT2D eigenvalue weighted by atomic mass is 10.1. The van der Waals surface area contributed by atoms with E-state index in [1.54, 1.807) is 6.20 Å². The smallest absolute Gasteiger partial charge is 0.272 e. The first-order chi connectivity index (χ1) is 12.3. The van der Waals surface area contributed by atoms with Crippen LogP contribution in [-0.4, -0.2) is 32.4 Å². The van der Waals surface area contributed by atoms with E-state index >= 15 is 0 Å². The van der Waals surface area contributed by atoms with Crippen LogP contribution in [0.1, 0.15) is 32.9 Å². The Balaban J connectivity index is 1.46. The maximum atomic E-state index is 12.5. The van der Waals surface area contributed by atoms with Crippen molar-refractivity contribution in [2.45, 2.75) is 26.1 Å². The number of hydrogen-bond acceptors (Lipinski definition) is 4. The van der Waals surface area contributed by atoms with Gasteiger partial charge in [0.15, 0.2) is 5.69 Å².